The molecule has 2 rings (SSSR count). The van der Waals surface area contributed by atoms with E-state index in [2.05, 4.69) is 20.5 Å². The van der Waals surface area contributed by atoms with Gasteiger partial charge in [-0.15, -0.1) is 0 Å². The number of anilines is 2. The van der Waals surface area contributed by atoms with Gasteiger partial charge in [-0.2, -0.15) is 0 Å². The molecule has 0 radical (unpaired) electrons. The van der Waals surface area contributed by atoms with Gasteiger partial charge >= 0.3 is 5.97 Å². The summed E-state index contributed by atoms with van der Waals surface area (Å²) in [5, 5.41) is 6.33. The summed E-state index contributed by atoms with van der Waals surface area (Å²) in [5.41, 5.74) is 1.34. The molecule has 27 heavy (non-hydrogen) atoms. The molecule has 7 nitrogen and oxygen atoms in total. The Morgan fingerprint density at radius 1 is 1.19 bits per heavy atom. The molecule has 0 aliphatic rings. The minimum absolute atomic E-state index is 0.173. The van der Waals surface area contributed by atoms with Crippen molar-refractivity contribution in [3.05, 3.63) is 52.7 Å². The highest BCUT2D eigenvalue weighted by Crippen LogP contribution is 2.26. The zero-order chi connectivity index (χ0) is 19.8. The maximum Gasteiger partial charge on any atom is 0.337 e. The quantitative estimate of drug-likeness (QED) is 0.532. The predicted octanol–water partition coefficient (Wildman–Crippen LogP) is 2.95. The van der Waals surface area contributed by atoms with E-state index in [9.17, 15) is 9.59 Å². The van der Waals surface area contributed by atoms with Crippen LogP contribution >= 0.6 is 11.6 Å². The van der Waals surface area contributed by atoms with Crippen LogP contribution in [0.25, 0.3) is 0 Å². The number of carbonyl (C=O) groups is 2. The smallest absolute Gasteiger partial charge is 0.337 e. The van der Waals surface area contributed by atoms with E-state index < -0.39 is 5.97 Å². The lowest BCUT2D eigenvalue weighted by Crippen LogP contribution is -2.27. The lowest BCUT2D eigenvalue weighted by atomic mass is 10.2. The molecule has 1 amide bonds. The predicted molar refractivity (Wildman–Crippen MR) is 106 cm³/mol. The van der Waals surface area contributed by atoms with Gasteiger partial charge in [0, 0.05) is 18.3 Å². The molecule has 144 valence electrons. The number of nitrogens with one attached hydrogen (secondary N) is 2. The Morgan fingerprint density at radius 2 is 1.96 bits per heavy atom. The Hall–Kier alpha value is -2.64. The van der Waals surface area contributed by atoms with Crippen molar-refractivity contribution >= 4 is 35.0 Å². The first kappa shape index (κ1) is 20.7. The third-order valence-electron chi connectivity index (χ3n) is 3.74. The number of halogens is 1. The molecule has 0 saturated heterocycles. The molecule has 0 atom stereocenters. The van der Waals surface area contributed by atoms with Crippen molar-refractivity contribution in [1.82, 2.24) is 15.2 Å². The van der Waals surface area contributed by atoms with Crippen molar-refractivity contribution in [1.29, 1.82) is 0 Å². The monoisotopic (exact) mass is 390 g/mol. The minimum atomic E-state index is -0.464. The molecule has 0 saturated carbocycles. The molecular weight excluding hydrogens is 368 g/mol. The summed E-state index contributed by atoms with van der Waals surface area (Å²) in [4.78, 5) is 30.2. The average molecular weight is 391 g/mol. The highest BCUT2D eigenvalue weighted by molar-refractivity contribution is 6.33. The first-order valence-corrected chi connectivity index (χ1v) is 8.82. The Bertz CT molecular complexity index is 811. The van der Waals surface area contributed by atoms with Crippen LogP contribution in [-0.2, 0) is 4.74 Å². The maximum atomic E-state index is 12.3. The van der Waals surface area contributed by atoms with Crippen LogP contribution in [0.3, 0.4) is 0 Å². The SMILES string of the molecule is COC(=O)c1ccc(Cl)c(Nc2cc(C(=O)NCCCN(C)C)ccn2)c1. The lowest BCUT2D eigenvalue weighted by molar-refractivity contribution is 0.0600. The fourth-order valence-corrected chi connectivity index (χ4v) is 2.51. The van der Waals surface area contributed by atoms with Gasteiger partial charge < -0.3 is 20.3 Å². The number of esters is 1. The molecule has 2 aromatic rings. The fraction of sp³-hybridized carbons (Fsp3) is 0.316. The second kappa shape index (κ2) is 9.89. The Morgan fingerprint density at radius 3 is 2.67 bits per heavy atom. The van der Waals surface area contributed by atoms with Gasteiger partial charge in [0.1, 0.15) is 5.82 Å². The standard InChI is InChI=1S/C19H23ClN4O3/c1-24(2)10-4-8-22-18(25)13-7-9-21-17(12-13)23-16-11-14(19(26)27-3)5-6-15(16)20/h5-7,9,11-12H,4,8,10H2,1-3H3,(H,21,23)(H,22,25). The number of rotatable bonds is 8. The van der Waals surface area contributed by atoms with Gasteiger partial charge in [-0.05, 0) is 57.4 Å². The summed E-state index contributed by atoms with van der Waals surface area (Å²) in [6.07, 6.45) is 2.40. The first-order chi connectivity index (χ1) is 12.9. The van der Waals surface area contributed by atoms with Crippen LogP contribution in [0.4, 0.5) is 11.5 Å². The Labute approximate surface area is 163 Å². The summed E-state index contributed by atoms with van der Waals surface area (Å²) in [6, 6.07) is 8.01. The van der Waals surface area contributed by atoms with E-state index >= 15 is 0 Å². The van der Waals surface area contributed by atoms with Gasteiger partial charge in [0.25, 0.3) is 5.91 Å². The van der Waals surface area contributed by atoms with Crippen molar-refractivity contribution in [2.45, 2.75) is 6.42 Å². The summed E-state index contributed by atoms with van der Waals surface area (Å²) in [6.45, 7) is 1.49. The topological polar surface area (TPSA) is 83.6 Å². The number of pyridine rings is 1. The molecule has 2 N–H and O–H groups in total. The maximum absolute atomic E-state index is 12.3. The number of carbonyl (C=O) groups excluding carboxylic acids is 2. The second-order valence-electron chi connectivity index (χ2n) is 6.15. The van der Waals surface area contributed by atoms with Crippen molar-refractivity contribution in [2.75, 3.05) is 39.6 Å². The fourth-order valence-electron chi connectivity index (χ4n) is 2.34. The van der Waals surface area contributed by atoms with E-state index in [1.165, 1.54) is 13.3 Å². The number of benzene rings is 1. The number of ether oxygens (including phenoxy) is 1. The zero-order valence-electron chi connectivity index (χ0n) is 15.6. The van der Waals surface area contributed by atoms with E-state index in [0.717, 1.165) is 13.0 Å². The largest absolute Gasteiger partial charge is 0.465 e. The van der Waals surface area contributed by atoms with E-state index in [-0.39, 0.29) is 5.91 Å². The molecule has 1 heterocycles. The van der Waals surface area contributed by atoms with Gasteiger partial charge in [-0.25, -0.2) is 9.78 Å². The van der Waals surface area contributed by atoms with Crippen molar-refractivity contribution in [3.63, 3.8) is 0 Å². The van der Waals surface area contributed by atoms with E-state index in [4.69, 9.17) is 16.3 Å². The van der Waals surface area contributed by atoms with Gasteiger partial charge in [-0.3, -0.25) is 4.79 Å². The highest BCUT2D eigenvalue weighted by Gasteiger charge is 2.11. The minimum Gasteiger partial charge on any atom is -0.465 e. The average Bonchev–Trinajstić information content (AvgIpc) is 2.66. The lowest BCUT2D eigenvalue weighted by Gasteiger charge is -2.11. The van der Waals surface area contributed by atoms with Gasteiger partial charge in [0.05, 0.1) is 23.4 Å². The molecule has 0 aliphatic carbocycles. The summed E-state index contributed by atoms with van der Waals surface area (Å²) in [5.74, 6) is -0.193. The normalized spacial score (nSPS) is 10.6. The van der Waals surface area contributed by atoms with Crippen LogP contribution in [0.1, 0.15) is 27.1 Å². The number of methoxy groups -OCH3 is 1. The van der Waals surface area contributed by atoms with Crippen LogP contribution in [-0.4, -0.2) is 56.1 Å². The summed E-state index contributed by atoms with van der Waals surface area (Å²) >= 11 is 6.18. The zero-order valence-corrected chi connectivity index (χ0v) is 16.3. The summed E-state index contributed by atoms with van der Waals surface area (Å²) < 4.78 is 4.71. The molecule has 1 aromatic heterocycles. The number of aromatic nitrogens is 1. The Kier molecular flexibility index (Phi) is 7.57. The van der Waals surface area contributed by atoms with E-state index in [1.807, 2.05) is 14.1 Å². The van der Waals surface area contributed by atoms with E-state index in [1.54, 1.807) is 30.3 Å². The molecule has 0 bridgehead atoms. The number of amides is 1. The first-order valence-electron chi connectivity index (χ1n) is 8.44. The number of hydrogen-bond donors (Lipinski definition) is 2. The van der Waals surface area contributed by atoms with Crippen molar-refractivity contribution in [3.8, 4) is 0 Å². The van der Waals surface area contributed by atoms with Crippen LogP contribution in [0.2, 0.25) is 5.02 Å². The molecule has 8 heteroatoms. The van der Waals surface area contributed by atoms with Crippen LogP contribution in [0, 0.1) is 0 Å². The highest BCUT2D eigenvalue weighted by atomic mass is 35.5. The third-order valence-corrected chi connectivity index (χ3v) is 4.07. The number of nitrogens with zero attached hydrogens (tertiary/aromatic N) is 2. The second-order valence-corrected chi connectivity index (χ2v) is 6.56. The molecule has 0 spiro atoms. The van der Waals surface area contributed by atoms with Crippen LogP contribution < -0.4 is 10.6 Å². The van der Waals surface area contributed by atoms with Crippen LogP contribution in [0.15, 0.2) is 36.5 Å². The summed E-state index contributed by atoms with van der Waals surface area (Å²) in [7, 11) is 5.29. The van der Waals surface area contributed by atoms with E-state index in [0.29, 0.717) is 34.2 Å². The molecule has 0 unspecified atom stereocenters. The molecule has 0 aliphatic heterocycles. The van der Waals surface area contributed by atoms with Gasteiger partial charge in [0.2, 0.25) is 0 Å². The van der Waals surface area contributed by atoms with Crippen molar-refractivity contribution < 1.29 is 14.3 Å². The third kappa shape index (κ3) is 6.23. The van der Waals surface area contributed by atoms with Gasteiger partial charge in [-0.1, -0.05) is 11.6 Å². The van der Waals surface area contributed by atoms with Crippen LogP contribution in [0.5, 0.6) is 0 Å². The number of hydrogen-bond acceptors (Lipinski definition) is 6. The molecule has 0 fully saturated rings. The molecule has 1 aromatic carbocycles. The van der Waals surface area contributed by atoms with Gasteiger partial charge in [0.15, 0.2) is 0 Å². The Balaban J connectivity index is 2.07. The molecular formula is C19H23ClN4O3. The van der Waals surface area contributed by atoms with Crippen molar-refractivity contribution in [2.24, 2.45) is 0 Å².